The second-order valence-electron chi connectivity index (χ2n) is 3.60. The van der Waals surface area contributed by atoms with Crippen LogP contribution in [0.3, 0.4) is 0 Å². The molecule has 15 heavy (non-hydrogen) atoms. The number of benzene rings is 1. The van der Waals surface area contributed by atoms with E-state index in [-0.39, 0.29) is 6.79 Å². The molecule has 0 N–H and O–H groups in total. The van der Waals surface area contributed by atoms with Crippen molar-refractivity contribution in [1.82, 2.24) is 0 Å². The summed E-state index contributed by atoms with van der Waals surface area (Å²) < 4.78 is 10.4. The third kappa shape index (κ3) is 2.23. The summed E-state index contributed by atoms with van der Waals surface area (Å²) in [5.74, 6) is 1.41. The summed E-state index contributed by atoms with van der Waals surface area (Å²) in [7, 11) is 0. The van der Waals surface area contributed by atoms with Crippen LogP contribution in [-0.2, 0) is 5.11 Å². The first-order chi connectivity index (χ1) is 7.31. The van der Waals surface area contributed by atoms with Gasteiger partial charge in [0, 0.05) is 0 Å². The molecule has 3 nitrogen and oxygen atoms in total. The molecule has 3 heteroatoms. The average molecular weight is 206 g/mol. The van der Waals surface area contributed by atoms with Gasteiger partial charge in [0.2, 0.25) is 6.79 Å². The lowest BCUT2D eigenvalue weighted by atomic mass is 10.0. The van der Waals surface area contributed by atoms with Crippen LogP contribution in [-0.4, -0.2) is 6.79 Å². The van der Waals surface area contributed by atoms with Crippen molar-refractivity contribution in [2.75, 3.05) is 6.79 Å². The zero-order chi connectivity index (χ0) is 10.7. The summed E-state index contributed by atoms with van der Waals surface area (Å²) in [4.78, 5) is 0. The predicted molar refractivity (Wildman–Crippen MR) is 55.2 cm³/mol. The normalized spacial score (nSPS) is 15.3. The van der Waals surface area contributed by atoms with E-state index in [2.05, 4.69) is 6.92 Å². The Morgan fingerprint density at radius 3 is 2.93 bits per heavy atom. The topological polar surface area (TPSA) is 38.4 Å². The average Bonchev–Trinajstić information content (AvgIpc) is 2.72. The summed E-state index contributed by atoms with van der Waals surface area (Å²) >= 11 is 0. The minimum Gasteiger partial charge on any atom is -0.454 e. The molecule has 1 unspecified atom stereocenters. The lowest BCUT2D eigenvalue weighted by Gasteiger charge is -2.08. The lowest BCUT2D eigenvalue weighted by Crippen LogP contribution is -1.95. The van der Waals surface area contributed by atoms with Crippen molar-refractivity contribution < 1.29 is 14.6 Å². The fraction of sp³-hybridized carbons (Fsp3) is 0.417. The highest BCUT2D eigenvalue weighted by atomic mass is 16.7. The van der Waals surface area contributed by atoms with Gasteiger partial charge in [0.15, 0.2) is 11.5 Å². The standard InChI is InChI=1S/C12H14O3/c1-2-3-4-10(13)9-5-6-11-12(7-9)15-8-14-11/h5-7,10H,1-4,8H2. The molecule has 80 valence electrons. The van der Waals surface area contributed by atoms with Crippen LogP contribution in [0.2, 0.25) is 0 Å². The molecule has 0 saturated heterocycles. The Morgan fingerprint density at radius 1 is 1.33 bits per heavy atom. The molecular weight excluding hydrogens is 192 g/mol. The fourth-order valence-corrected chi connectivity index (χ4v) is 1.61. The van der Waals surface area contributed by atoms with Gasteiger partial charge in [-0.05, 0) is 24.1 Å². The summed E-state index contributed by atoms with van der Waals surface area (Å²) in [6.45, 7) is 3.98. The Bertz CT molecular complexity index is 336. The van der Waals surface area contributed by atoms with Gasteiger partial charge in [0.1, 0.15) is 6.10 Å². The molecule has 1 atom stereocenters. The molecule has 1 aliphatic heterocycles. The van der Waals surface area contributed by atoms with E-state index in [0.29, 0.717) is 12.2 Å². The molecule has 1 aromatic carbocycles. The van der Waals surface area contributed by atoms with Crippen molar-refractivity contribution in [1.29, 1.82) is 0 Å². The maximum absolute atomic E-state index is 11.8. The molecule has 2 rings (SSSR count). The van der Waals surface area contributed by atoms with E-state index in [0.717, 1.165) is 24.2 Å². The van der Waals surface area contributed by atoms with Gasteiger partial charge in [0.05, 0.1) is 0 Å². The van der Waals surface area contributed by atoms with Crippen molar-refractivity contribution in [2.24, 2.45) is 0 Å². The molecule has 1 aliphatic rings. The molecule has 0 bridgehead atoms. The zero-order valence-corrected chi connectivity index (χ0v) is 8.57. The van der Waals surface area contributed by atoms with Gasteiger partial charge < -0.3 is 9.47 Å². The predicted octanol–water partition coefficient (Wildman–Crippen LogP) is 2.89. The van der Waals surface area contributed by atoms with Gasteiger partial charge in [-0.3, -0.25) is 0 Å². The SMILES string of the molecule is [CH2]CCCC([O])c1ccc2c(c1)OCO2. The van der Waals surface area contributed by atoms with Crippen molar-refractivity contribution in [3.63, 3.8) is 0 Å². The second kappa shape index (κ2) is 4.53. The van der Waals surface area contributed by atoms with Crippen molar-refractivity contribution in [2.45, 2.75) is 25.4 Å². The van der Waals surface area contributed by atoms with E-state index >= 15 is 0 Å². The first-order valence-electron chi connectivity index (χ1n) is 5.16. The molecule has 0 spiro atoms. The minimum absolute atomic E-state index is 0.251. The first kappa shape index (κ1) is 10.3. The Balaban J connectivity index is 2.08. The molecule has 0 fully saturated rings. The highest BCUT2D eigenvalue weighted by Gasteiger charge is 2.16. The number of unbranched alkanes of at least 4 members (excludes halogenated alkanes) is 1. The summed E-state index contributed by atoms with van der Waals surface area (Å²) in [5.41, 5.74) is 0.771. The Labute approximate surface area is 89.6 Å². The van der Waals surface area contributed by atoms with Crippen molar-refractivity contribution in [3.05, 3.63) is 30.7 Å². The summed E-state index contributed by atoms with van der Waals surface area (Å²) in [5, 5.41) is 11.8. The van der Waals surface area contributed by atoms with E-state index in [1.807, 2.05) is 6.07 Å². The van der Waals surface area contributed by atoms with Gasteiger partial charge in [-0.15, -0.1) is 0 Å². The zero-order valence-electron chi connectivity index (χ0n) is 8.57. The van der Waals surface area contributed by atoms with Crippen LogP contribution >= 0.6 is 0 Å². The molecule has 0 saturated carbocycles. The Hall–Kier alpha value is -1.22. The van der Waals surface area contributed by atoms with Gasteiger partial charge in [-0.25, -0.2) is 5.11 Å². The van der Waals surface area contributed by atoms with Crippen molar-refractivity contribution >= 4 is 0 Å². The Morgan fingerprint density at radius 2 is 2.13 bits per heavy atom. The largest absolute Gasteiger partial charge is 0.454 e. The van der Waals surface area contributed by atoms with Crippen LogP contribution < -0.4 is 9.47 Å². The molecule has 0 aromatic heterocycles. The van der Waals surface area contributed by atoms with Gasteiger partial charge in [0.25, 0.3) is 0 Å². The molecule has 1 heterocycles. The lowest BCUT2D eigenvalue weighted by molar-refractivity contribution is 0.0793. The monoisotopic (exact) mass is 206 g/mol. The van der Waals surface area contributed by atoms with Gasteiger partial charge in [-0.1, -0.05) is 25.8 Å². The van der Waals surface area contributed by atoms with E-state index in [4.69, 9.17) is 9.47 Å². The number of fused-ring (bicyclic) bond motifs is 1. The maximum Gasteiger partial charge on any atom is 0.231 e. The number of ether oxygens (including phenoxy) is 2. The van der Waals surface area contributed by atoms with Crippen LogP contribution in [0.5, 0.6) is 11.5 Å². The van der Waals surface area contributed by atoms with Gasteiger partial charge in [-0.2, -0.15) is 0 Å². The molecule has 1 aromatic rings. The number of hydrogen-bond acceptors (Lipinski definition) is 2. The number of rotatable bonds is 4. The third-order valence-corrected chi connectivity index (χ3v) is 2.48. The molecule has 0 aliphatic carbocycles. The van der Waals surface area contributed by atoms with Crippen LogP contribution in [0.25, 0.3) is 0 Å². The van der Waals surface area contributed by atoms with E-state index in [1.165, 1.54) is 0 Å². The summed E-state index contributed by atoms with van der Waals surface area (Å²) in [6, 6.07) is 5.39. The van der Waals surface area contributed by atoms with Crippen molar-refractivity contribution in [3.8, 4) is 11.5 Å². The van der Waals surface area contributed by atoms with Crippen LogP contribution in [0, 0.1) is 6.92 Å². The molecule has 0 amide bonds. The quantitative estimate of drug-likeness (QED) is 0.759. The highest BCUT2D eigenvalue weighted by Crippen LogP contribution is 2.35. The van der Waals surface area contributed by atoms with Crippen LogP contribution in [0.1, 0.15) is 30.9 Å². The molecule has 2 radical (unpaired) electrons. The smallest absolute Gasteiger partial charge is 0.231 e. The maximum atomic E-state index is 11.8. The minimum atomic E-state index is -0.679. The fourth-order valence-electron chi connectivity index (χ4n) is 1.61. The highest BCUT2D eigenvalue weighted by molar-refractivity contribution is 5.44. The van der Waals surface area contributed by atoms with Crippen LogP contribution in [0.15, 0.2) is 18.2 Å². The third-order valence-electron chi connectivity index (χ3n) is 2.48. The van der Waals surface area contributed by atoms with E-state index < -0.39 is 6.10 Å². The van der Waals surface area contributed by atoms with E-state index in [9.17, 15) is 5.11 Å². The summed E-state index contributed by atoms with van der Waals surface area (Å²) in [6.07, 6.45) is 1.62. The van der Waals surface area contributed by atoms with Crippen LogP contribution in [0.4, 0.5) is 0 Å². The molecular formula is C12H14O3. The number of hydrogen-bond donors (Lipinski definition) is 0. The first-order valence-corrected chi connectivity index (χ1v) is 5.16. The Kier molecular flexibility index (Phi) is 3.11. The second-order valence-corrected chi connectivity index (χ2v) is 3.60. The van der Waals surface area contributed by atoms with Gasteiger partial charge >= 0.3 is 0 Å². The van der Waals surface area contributed by atoms with E-state index in [1.54, 1.807) is 12.1 Å².